The second kappa shape index (κ2) is 8.12. The Kier molecular flexibility index (Phi) is 5.23. The number of amides is 2. The fraction of sp³-hybridized carbons (Fsp3) is 0.286. The zero-order valence-electron chi connectivity index (χ0n) is 15.5. The Morgan fingerprint density at radius 2 is 1.86 bits per heavy atom. The Hall–Kier alpha value is -3.35. The van der Waals surface area contributed by atoms with E-state index < -0.39 is 0 Å². The predicted molar refractivity (Wildman–Crippen MR) is 105 cm³/mol. The van der Waals surface area contributed by atoms with Crippen molar-refractivity contribution in [2.45, 2.75) is 19.3 Å². The van der Waals surface area contributed by atoms with Gasteiger partial charge in [-0.25, -0.2) is 0 Å². The monoisotopic (exact) mass is 378 g/mol. The van der Waals surface area contributed by atoms with Gasteiger partial charge < -0.3 is 15.4 Å². The largest absolute Gasteiger partial charge is 0.484 e. The van der Waals surface area contributed by atoms with Crippen molar-refractivity contribution in [2.24, 2.45) is 0 Å². The number of carbonyl (C=O) groups excluding carboxylic acids is 2. The summed E-state index contributed by atoms with van der Waals surface area (Å²) in [6.45, 7) is 0.585. The lowest BCUT2D eigenvalue weighted by Gasteiger charge is -2.09. The number of aromatic amines is 1. The number of hydrogen-bond acceptors (Lipinski definition) is 4. The second-order valence-electron chi connectivity index (χ2n) is 6.80. The molecule has 28 heavy (non-hydrogen) atoms. The molecule has 1 heterocycles. The molecule has 1 aliphatic carbocycles. The molecule has 0 atom stereocenters. The molecule has 3 N–H and O–H groups in total. The van der Waals surface area contributed by atoms with Crippen molar-refractivity contribution in [3.05, 3.63) is 59.3 Å². The van der Waals surface area contributed by atoms with Crippen LogP contribution in [-0.2, 0) is 17.6 Å². The van der Waals surface area contributed by atoms with E-state index in [1.165, 1.54) is 17.5 Å². The van der Waals surface area contributed by atoms with Crippen LogP contribution in [0, 0.1) is 0 Å². The van der Waals surface area contributed by atoms with E-state index in [0.717, 1.165) is 29.5 Å². The van der Waals surface area contributed by atoms with E-state index in [1.807, 2.05) is 36.4 Å². The molecule has 0 fully saturated rings. The molecule has 0 bridgehead atoms. The lowest BCUT2D eigenvalue weighted by molar-refractivity contribution is -0.123. The fourth-order valence-corrected chi connectivity index (χ4v) is 3.44. The first-order chi connectivity index (χ1) is 13.7. The Morgan fingerprint density at radius 1 is 1.04 bits per heavy atom. The highest BCUT2D eigenvalue weighted by atomic mass is 16.5. The fourth-order valence-electron chi connectivity index (χ4n) is 3.44. The molecule has 0 saturated heterocycles. The van der Waals surface area contributed by atoms with E-state index in [9.17, 15) is 9.59 Å². The van der Waals surface area contributed by atoms with E-state index in [0.29, 0.717) is 18.8 Å². The summed E-state index contributed by atoms with van der Waals surface area (Å²) in [4.78, 5) is 24.2. The molecule has 3 aromatic rings. The standard InChI is InChI=1S/C21H22N4O3/c26-19(13-28-16-9-8-14-4-3-5-15(14)12-16)22-10-11-23-21(27)20-17-6-1-2-7-18(17)24-25-20/h1-2,6-9,12H,3-5,10-11,13H2,(H,22,26)(H,23,27)(H,24,25). The molecular formula is C21H22N4O3. The van der Waals surface area contributed by atoms with E-state index in [2.05, 4.69) is 26.9 Å². The molecule has 0 spiro atoms. The number of para-hydroxylation sites is 1. The van der Waals surface area contributed by atoms with Gasteiger partial charge in [-0.1, -0.05) is 24.3 Å². The van der Waals surface area contributed by atoms with Crippen LogP contribution in [0.1, 0.15) is 28.0 Å². The summed E-state index contributed by atoms with van der Waals surface area (Å²) in [6, 6.07) is 13.4. The molecule has 0 aliphatic heterocycles. The van der Waals surface area contributed by atoms with Gasteiger partial charge in [0.05, 0.1) is 5.52 Å². The maximum absolute atomic E-state index is 12.2. The number of nitrogens with zero attached hydrogens (tertiary/aromatic N) is 1. The van der Waals surface area contributed by atoms with Crippen molar-refractivity contribution in [2.75, 3.05) is 19.7 Å². The molecule has 7 nitrogen and oxygen atoms in total. The lowest BCUT2D eigenvalue weighted by atomic mass is 10.1. The minimum absolute atomic E-state index is 0.0449. The average Bonchev–Trinajstić information content (AvgIpc) is 3.35. The number of hydrogen-bond donors (Lipinski definition) is 3. The predicted octanol–water partition coefficient (Wildman–Crippen LogP) is 1.98. The SMILES string of the molecule is O=C(COc1ccc2c(c1)CCC2)NCCNC(=O)c1n[nH]c2ccccc12. The van der Waals surface area contributed by atoms with Gasteiger partial charge in [0.15, 0.2) is 12.3 Å². The number of H-pyrrole nitrogens is 1. The minimum Gasteiger partial charge on any atom is -0.484 e. The van der Waals surface area contributed by atoms with Crippen LogP contribution in [-0.4, -0.2) is 41.7 Å². The molecule has 2 aromatic carbocycles. The van der Waals surface area contributed by atoms with Gasteiger partial charge in [0.2, 0.25) is 0 Å². The summed E-state index contributed by atoms with van der Waals surface area (Å²) < 4.78 is 5.56. The maximum atomic E-state index is 12.2. The molecule has 144 valence electrons. The molecular weight excluding hydrogens is 356 g/mol. The van der Waals surface area contributed by atoms with Crippen LogP contribution in [0.15, 0.2) is 42.5 Å². The summed E-state index contributed by atoms with van der Waals surface area (Å²) in [5.74, 6) is 0.218. The van der Waals surface area contributed by atoms with Crippen LogP contribution >= 0.6 is 0 Å². The number of fused-ring (bicyclic) bond motifs is 2. The van der Waals surface area contributed by atoms with Crippen molar-refractivity contribution >= 4 is 22.7 Å². The smallest absolute Gasteiger partial charge is 0.272 e. The van der Waals surface area contributed by atoms with Gasteiger partial charge in [-0.2, -0.15) is 5.10 Å². The number of benzene rings is 2. The number of aryl methyl sites for hydroxylation is 2. The second-order valence-corrected chi connectivity index (χ2v) is 6.80. The summed E-state index contributed by atoms with van der Waals surface area (Å²) in [7, 11) is 0. The third-order valence-electron chi connectivity index (χ3n) is 4.86. The lowest BCUT2D eigenvalue weighted by Crippen LogP contribution is -2.36. The van der Waals surface area contributed by atoms with Gasteiger partial charge in [-0.15, -0.1) is 0 Å². The summed E-state index contributed by atoms with van der Waals surface area (Å²) in [5.41, 5.74) is 3.84. The van der Waals surface area contributed by atoms with Crippen molar-refractivity contribution < 1.29 is 14.3 Å². The summed E-state index contributed by atoms with van der Waals surface area (Å²) in [6.07, 6.45) is 3.37. The third-order valence-corrected chi connectivity index (χ3v) is 4.86. The quantitative estimate of drug-likeness (QED) is 0.548. The van der Waals surface area contributed by atoms with Crippen molar-refractivity contribution in [3.63, 3.8) is 0 Å². The zero-order chi connectivity index (χ0) is 19.3. The van der Waals surface area contributed by atoms with Crippen LogP contribution in [0.2, 0.25) is 0 Å². The molecule has 4 rings (SSSR count). The first kappa shape index (κ1) is 18.0. The van der Waals surface area contributed by atoms with Gasteiger partial charge in [-0.3, -0.25) is 14.7 Å². The number of nitrogens with one attached hydrogen (secondary N) is 3. The zero-order valence-corrected chi connectivity index (χ0v) is 15.5. The molecule has 0 saturated carbocycles. The highest BCUT2D eigenvalue weighted by molar-refractivity contribution is 6.04. The third kappa shape index (κ3) is 3.98. The molecule has 7 heteroatoms. The Morgan fingerprint density at radius 3 is 2.79 bits per heavy atom. The van der Waals surface area contributed by atoms with Crippen LogP contribution in [0.5, 0.6) is 5.75 Å². The van der Waals surface area contributed by atoms with E-state index in [-0.39, 0.29) is 18.4 Å². The van der Waals surface area contributed by atoms with Gasteiger partial charge in [0.1, 0.15) is 5.75 Å². The Bertz CT molecular complexity index is 1010. The normalized spacial score (nSPS) is 12.6. The number of rotatable bonds is 7. The molecule has 2 amide bonds. The first-order valence-corrected chi connectivity index (χ1v) is 9.43. The number of aromatic nitrogens is 2. The van der Waals surface area contributed by atoms with Crippen LogP contribution in [0.3, 0.4) is 0 Å². The van der Waals surface area contributed by atoms with Gasteiger partial charge in [0, 0.05) is 18.5 Å². The van der Waals surface area contributed by atoms with Crippen molar-refractivity contribution in [1.82, 2.24) is 20.8 Å². The van der Waals surface area contributed by atoms with Gasteiger partial charge in [0.25, 0.3) is 11.8 Å². The highest BCUT2D eigenvalue weighted by Crippen LogP contribution is 2.25. The van der Waals surface area contributed by atoms with Crippen LogP contribution in [0.4, 0.5) is 0 Å². The van der Waals surface area contributed by atoms with Gasteiger partial charge in [-0.05, 0) is 48.6 Å². The van der Waals surface area contributed by atoms with Crippen LogP contribution in [0.25, 0.3) is 10.9 Å². The van der Waals surface area contributed by atoms with E-state index in [1.54, 1.807) is 0 Å². The maximum Gasteiger partial charge on any atom is 0.272 e. The van der Waals surface area contributed by atoms with E-state index in [4.69, 9.17) is 4.74 Å². The first-order valence-electron chi connectivity index (χ1n) is 9.43. The topological polar surface area (TPSA) is 96.1 Å². The van der Waals surface area contributed by atoms with E-state index >= 15 is 0 Å². The highest BCUT2D eigenvalue weighted by Gasteiger charge is 2.14. The van der Waals surface area contributed by atoms with Gasteiger partial charge >= 0.3 is 0 Å². The van der Waals surface area contributed by atoms with Crippen molar-refractivity contribution in [3.8, 4) is 5.75 Å². The number of carbonyl (C=O) groups is 2. The Labute approximate surface area is 162 Å². The number of ether oxygens (including phenoxy) is 1. The molecule has 0 radical (unpaired) electrons. The minimum atomic E-state index is -0.277. The molecule has 1 aromatic heterocycles. The average molecular weight is 378 g/mol. The summed E-state index contributed by atoms with van der Waals surface area (Å²) >= 11 is 0. The Balaban J connectivity index is 1.19. The van der Waals surface area contributed by atoms with Crippen molar-refractivity contribution in [1.29, 1.82) is 0 Å². The molecule has 0 unspecified atom stereocenters. The summed E-state index contributed by atoms with van der Waals surface area (Å²) in [5, 5.41) is 13.1. The molecule has 1 aliphatic rings. The van der Waals surface area contributed by atoms with Crippen LogP contribution < -0.4 is 15.4 Å².